The second-order valence-electron chi connectivity index (χ2n) is 3.39. The van der Waals surface area contributed by atoms with Gasteiger partial charge in [0.25, 0.3) is 0 Å². The molecule has 0 saturated carbocycles. The maximum Gasteiger partial charge on any atom is 0.239 e. The quantitative estimate of drug-likeness (QED) is 0.716. The van der Waals surface area contributed by atoms with Crippen LogP contribution in [0.15, 0.2) is 18.3 Å². The standard InChI is InChI=1S/C10H11N3O.C2H6/c1-3-11-8-6-7-2-4-12-9(7)13-10(8)14-5-1;1-2/h2,4,6,11H,1,3,5H2,(H,12,13);1-2H3. The molecule has 0 fully saturated rings. The number of aromatic amines is 1. The van der Waals surface area contributed by atoms with Crippen LogP contribution < -0.4 is 10.1 Å². The number of hydrogen-bond acceptors (Lipinski definition) is 3. The minimum absolute atomic E-state index is 0.706. The molecule has 0 spiro atoms. The Morgan fingerprint density at radius 1 is 1.38 bits per heavy atom. The van der Waals surface area contributed by atoms with Crippen LogP contribution in [0, 0.1) is 0 Å². The topological polar surface area (TPSA) is 49.9 Å². The van der Waals surface area contributed by atoms with Crippen LogP contribution in [0.2, 0.25) is 0 Å². The molecular formula is C12H17N3O. The Balaban J connectivity index is 0.000000457. The van der Waals surface area contributed by atoms with E-state index in [1.165, 1.54) is 0 Å². The first kappa shape index (κ1) is 10.8. The van der Waals surface area contributed by atoms with E-state index in [0.717, 1.165) is 36.3 Å². The first-order chi connectivity index (χ1) is 7.93. The normalized spacial score (nSPS) is 13.9. The summed E-state index contributed by atoms with van der Waals surface area (Å²) in [5, 5.41) is 4.42. The largest absolute Gasteiger partial charge is 0.476 e. The van der Waals surface area contributed by atoms with Crippen LogP contribution in [0.4, 0.5) is 5.69 Å². The maximum atomic E-state index is 5.53. The molecule has 2 N–H and O–H groups in total. The highest BCUT2D eigenvalue weighted by molar-refractivity contribution is 5.81. The van der Waals surface area contributed by atoms with E-state index >= 15 is 0 Å². The zero-order chi connectivity index (χ0) is 11.4. The Kier molecular flexibility index (Phi) is 3.29. The number of anilines is 1. The molecule has 86 valence electrons. The summed E-state index contributed by atoms with van der Waals surface area (Å²) in [5.74, 6) is 0.706. The Bertz CT molecular complexity index is 424. The van der Waals surface area contributed by atoms with Crippen molar-refractivity contribution in [1.29, 1.82) is 0 Å². The van der Waals surface area contributed by atoms with Gasteiger partial charge in [0.15, 0.2) is 0 Å². The van der Waals surface area contributed by atoms with E-state index in [9.17, 15) is 0 Å². The van der Waals surface area contributed by atoms with Gasteiger partial charge in [-0.05, 0) is 18.6 Å². The summed E-state index contributed by atoms with van der Waals surface area (Å²) in [7, 11) is 0. The van der Waals surface area contributed by atoms with Crippen molar-refractivity contribution in [2.75, 3.05) is 18.5 Å². The third-order valence-electron chi connectivity index (χ3n) is 2.38. The van der Waals surface area contributed by atoms with Gasteiger partial charge >= 0.3 is 0 Å². The molecular weight excluding hydrogens is 202 g/mol. The van der Waals surface area contributed by atoms with Gasteiger partial charge in [-0.25, -0.2) is 0 Å². The lowest BCUT2D eigenvalue weighted by Gasteiger charge is -2.05. The van der Waals surface area contributed by atoms with Crippen molar-refractivity contribution in [3.05, 3.63) is 18.3 Å². The second-order valence-corrected chi connectivity index (χ2v) is 3.39. The molecule has 3 heterocycles. The van der Waals surface area contributed by atoms with Crippen molar-refractivity contribution in [2.45, 2.75) is 20.3 Å². The molecule has 0 saturated heterocycles. The average molecular weight is 219 g/mol. The molecule has 2 aromatic rings. The summed E-state index contributed by atoms with van der Waals surface area (Å²) in [5.41, 5.74) is 1.88. The lowest BCUT2D eigenvalue weighted by atomic mass is 10.3. The monoisotopic (exact) mass is 219 g/mol. The molecule has 0 aliphatic carbocycles. The van der Waals surface area contributed by atoms with Crippen LogP contribution >= 0.6 is 0 Å². The summed E-state index contributed by atoms with van der Waals surface area (Å²) in [6, 6.07) is 4.08. The van der Waals surface area contributed by atoms with Gasteiger partial charge in [-0.1, -0.05) is 13.8 Å². The van der Waals surface area contributed by atoms with Crippen LogP contribution in [0.5, 0.6) is 5.88 Å². The van der Waals surface area contributed by atoms with Gasteiger partial charge in [-0.3, -0.25) is 0 Å². The highest BCUT2D eigenvalue weighted by Crippen LogP contribution is 2.27. The van der Waals surface area contributed by atoms with E-state index in [1.54, 1.807) is 0 Å². The van der Waals surface area contributed by atoms with Crippen molar-refractivity contribution in [1.82, 2.24) is 9.97 Å². The summed E-state index contributed by atoms with van der Waals surface area (Å²) in [6.45, 7) is 5.68. The van der Waals surface area contributed by atoms with E-state index in [2.05, 4.69) is 21.4 Å². The minimum Gasteiger partial charge on any atom is -0.476 e. The summed E-state index contributed by atoms with van der Waals surface area (Å²) < 4.78 is 5.53. The van der Waals surface area contributed by atoms with Crippen LogP contribution in [-0.4, -0.2) is 23.1 Å². The molecule has 1 aliphatic heterocycles. The number of nitrogens with one attached hydrogen (secondary N) is 2. The van der Waals surface area contributed by atoms with Crippen molar-refractivity contribution in [3.8, 4) is 5.88 Å². The van der Waals surface area contributed by atoms with Crippen LogP contribution in [0.1, 0.15) is 20.3 Å². The third-order valence-corrected chi connectivity index (χ3v) is 2.38. The van der Waals surface area contributed by atoms with Crippen molar-refractivity contribution < 1.29 is 4.74 Å². The summed E-state index contributed by atoms with van der Waals surface area (Å²) >= 11 is 0. The SMILES string of the molecule is CC.c1cc2cc3c(nc2[nH]1)OCCCN3. The van der Waals surface area contributed by atoms with Gasteiger partial charge in [0.05, 0.1) is 12.3 Å². The fourth-order valence-corrected chi connectivity index (χ4v) is 1.67. The van der Waals surface area contributed by atoms with Gasteiger partial charge in [-0.2, -0.15) is 4.98 Å². The average Bonchev–Trinajstić information content (AvgIpc) is 2.66. The predicted octanol–water partition coefficient (Wildman–Crippen LogP) is 2.78. The lowest BCUT2D eigenvalue weighted by Crippen LogP contribution is -1.99. The van der Waals surface area contributed by atoms with E-state index in [1.807, 2.05) is 26.1 Å². The molecule has 0 amide bonds. The highest BCUT2D eigenvalue weighted by Gasteiger charge is 2.11. The van der Waals surface area contributed by atoms with Gasteiger partial charge < -0.3 is 15.0 Å². The molecule has 0 unspecified atom stereocenters. The van der Waals surface area contributed by atoms with Gasteiger partial charge in [0, 0.05) is 18.1 Å². The van der Waals surface area contributed by atoms with Gasteiger partial charge in [-0.15, -0.1) is 0 Å². The van der Waals surface area contributed by atoms with Crippen molar-refractivity contribution >= 4 is 16.7 Å². The van der Waals surface area contributed by atoms with Gasteiger partial charge in [0.1, 0.15) is 5.65 Å². The van der Waals surface area contributed by atoms with E-state index < -0.39 is 0 Å². The van der Waals surface area contributed by atoms with E-state index in [0.29, 0.717) is 5.88 Å². The molecule has 2 aromatic heterocycles. The predicted molar refractivity (Wildman–Crippen MR) is 66.0 cm³/mol. The summed E-state index contributed by atoms with van der Waals surface area (Å²) in [4.78, 5) is 7.47. The zero-order valence-electron chi connectivity index (χ0n) is 9.71. The number of rotatable bonds is 0. The lowest BCUT2D eigenvalue weighted by molar-refractivity contribution is 0.312. The molecule has 0 aromatic carbocycles. The first-order valence-electron chi connectivity index (χ1n) is 5.78. The molecule has 0 radical (unpaired) electrons. The molecule has 16 heavy (non-hydrogen) atoms. The number of ether oxygens (including phenoxy) is 1. The van der Waals surface area contributed by atoms with Crippen molar-refractivity contribution in [2.24, 2.45) is 0 Å². The molecule has 0 bridgehead atoms. The van der Waals surface area contributed by atoms with Crippen LogP contribution in [0.3, 0.4) is 0 Å². The molecule has 1 aliphatic rings. The number of nitrogens with zero attached hydrogens (tertiary/aromatic N) is 1. The van der Waals surface area contributed by atoms with Crippen LogP contribution in [-0.2, 0) is 0 Å². The molecule has 0 atom stereocenters. The number of fused-ring (bicyclic) bond motifs is 2. The van der Waals surface area contributed by atoms with E-state index in [-0.39, 0.29) is 0 Å². The fourth-order valence-electron chi connectivity index (χ4n) is 1.67. The molecule has 4 heteroatoms. The second kappa shape index (κ2) is 4.88. The Morgan fingerprint density at radius 3 is 3.12 bits per heavy atom. The molecule has 3 rings (SSSR count). The van der Waals surface area contributed by atoms with E-state index in [4.69, 9.17) is 4.74 Å². The highest BCUT2D eigenvalue weighted by atomic mass is 16.5. The van der Waals surface area contributed by atoms with Crippen molar-refractivity contribution in [3.63, 3.8) is 0 Å². The molecule has 4 nitrogen and oxygen atoms in total. The third kappa shape index (κ3) is 1.96. The number of H-pyrrole nitrogens is 1. The number of aromatic nitrogens is 2. The number of pyridine rings is 1. The fraction of sp³-hybridized carbons (Fsp3) is 0.417. The van der Waals surface area contributed by atoms with Gasteiger partial charge in [0.2, 0.25) is 5.88 Å². The zero-order valence-corrected chi connectivity index (χ0v) is 9.71. The smallest absolute Gasteiger partial charge is 0.239 e. The maximum absolute atomic E-state index is 5.53. The number of hydrogen-bond donors (Lipinski definition) is 2. The summed E-state index contributed by atoms with van der Waals surface area (Å²) in [6.07, 6.45) is 2.90. The Labute approximate surface area is 95.0 Å². The Morgan fingerprint density at radius 2 is 2.25 bits per heavy atom. The van der Waals surface area contributed by atoms with Crippen LogP contribution in [0.25, 0.3) is 11.0 Å². The first-order valence-corrected chi connectivity index (χ1v) is 5.78. The minimum atomic E-state index is 0.706. The Hall–Kier alpha value is -1.71.